The number of halogens is 4. The van der Waals surface area contributed by atoms with Crippen molar-refractivity contribution in [2.75, 3.05) is 5.73 Å². The van der Waals surface area contributed by atoms with Crippen LogP contribution in [0.4, 0.5) is 18.9 Å². The number of nitrogens with zero attached hydrogens (tertiary/aromatic N) is 3. The molecule has 3 N–H and O–H groups in total. The van der Waals surface area contributed by atoms with Crippen LogP contribution in [0.15, 0.2) is 53.6 Å². The standard InChI is InChI=1S/C19H15ClF3N5O/c1-11-16(10-25-26-18(29)12-5-7-14(24)8-6-12)17(20)28(27-11)15-4-2-3-13(9-15)19(21,22)23/h2-10H,24H2,1H3,(H,26,29)/b25-10+. The first-order valence-corrected chi connectivity index (χ1v) is 8.66. The zero-order valence-corrected chi connectivity index (χ0v) is 15.8. The number of aryl methyl sites for hydroxylation is 1. The monoisotopic (exact) mass is 421 g/mol. The molecule has 0 saturated carbocycles. The first kappa shape index (κ1) is 20.4. The number of anilines is 1. The van der Waals surface area contributed by atoms with Gasteiger partial charge in [0.1, 0.15) is 5.15 Å². The third kappa shape index (κ3) is 4.57. The number of nitrogens with one attached hydrogen (secondary N) is 1. The first-order valence-electron chi connectivity index (χ1n) is 8.28. The maximum Gasteiger partial charge on any atom is 0.416 e. The Balaban J connectivity index is 1.82. The fraction of sp³-hybridized carbons (Fsp3) is 0.105. The summed E-state index contributed by atoms with van der Waals surface area (Å²) < 4.78 is 40.0. The second kappa shape index (κ2) is 7.96. The molecule has 1 amide bonds. The molecule has 29 heavy (non-hydrogen) atoms. The van der Waals surface area contributed by atoms with Gasteiger partial charge in [-0.2, -0.15) is 23.4 Å². The van der Waals surface area contributed by atoms with E-state index >= 15 is 0 Å². The van der Waals surface area contributed by atoms with E-state index in [1.807, 2.05) is 0 Å². The fourth-order valence-electron chi connectivity index (χ4n) is 2.50. The first-order chi connectivity index (χ1) is 13.7. The summed E-state index contributed by atoms with van der Waals surface area (Å²) in [6, 6.07) is 10.9. The maximum absolute atomic E-state index is 12.9. The van der Waals surface area contributed by atoms with Gasteiger partial charge in [-0.15, -0.1) is 0 Å². The van der Waals surface area contributed by atoms with Crippen molar-refractivity contribution in [3.8, 4) is 5.69 Å². The van der Waals surface area contributed by atoms with Gasteiger partial charge in [-0.3, -0.25) is 4.79 Å². The van der Waals surface area contributed by atoms with E-state index in [1.54, 1.807) is 31.2 Å². The number of hydrazone groups is 1. The molecular formula is C19H15ClF3N5O. The Morgan fingerprint density at radius 2 is 1.93 bits per heavy atom. The normalized spacial score (nSPS) is 11.8. The lowest BCUT2D eigenvalue weighted by molar-refractivity contribution is -0.137. The molecule has 0 aliphatic rings. The lowest BCUT2D eigenvalue weighted by Crippen LogP contribution is -2.17. The Hall–Kier alpha value is -3.33. The minimum atomic E-state index is -4.48. The number of nitrogens with two attached hydrogens (primary N) is 1. The summed E-state index contributed by atoms with van der Waals surface area (Å²) in [5.41, 5.74) is 8.93. The predicted molar refractivity (Wildman–Crippen MR) is 104 cm³/mol. The van der Waals surface area contributed by atoms with Crippen molar-refractivity contribution in [2.45, 2.75) is 13.1 Å². The second-order valence-corrected chi connectivity index (χ2v) is 6.43. The number of aromatic nitrogens is 2. The number of rotatable bonds is 4. The fourth-order valence-corrected chi connectivity index (χ4v) is 2.82. The molecule has 3 rings (SSSR count). The quantitative estimate of drug-likeness (QED) is 0.376. The topological polar surface area (TPSA) is 85.3 Å². The van der Waals surface area contributed by atoms with Crippen LogP contribution in [0.1, 0.15) is 27.2 Å². The highest BCUT2D eigenvalue weighted by molar-refractivity contribution is 6.32. The van der Waals surface area contributed by atoms with Gasteiger partial charge in [0.15, 0.2) is 0 Å². The zero-order valence-electron chi connectivity index (χ0n) is 15.0. The minimum absolute atomic E-state index is 0.0623. The number of benzene rings is 2. The number of hydrogen-bond donors (Lipinski definition) is 2. The molecule has 0 unspecified atom stereocenters. The van der Waals surface area contributed by atoms with Crippen molar-refractivity contribution < 1.29 is 18.0 Å². The molecule has 0 saturated heterocycles. The molecule has 2 aromatic carbocycles. The maximum atomic E-state index is 12.9. The number of alkyl halides is 3. The van der Waals surface area contributed by atoms with E-state index in [0.29, 0.717) is 22.5 Å². The summed E-state index contributed by atoms with van der Waals surface area (Å²) in [6.07, 6.45) is -3.20. The van der Waals surface area contributed by atoms with Crippen LogP contribution < -0.4 is 11.2 Å². The molecule has 0 aliphatic carbocycles. The van der Waals surface area contributed by atoms with Gasteiger partial charge in [-0.25, -0.2) is 10.1 Å². The van der Waals surface area contributed by atoms with Crippen LogP contribution >= 0.6 is 11.6 Å². The molecule has 1 heterocycles. The molecule has 0 aliphatic heterocycles. The number of nitrogen functional groups attached to an aromatic ring is 1. The van der Waals surface area contributed by atoms with E-state index < -0.39 is 17.6 Å². The van der Waals surface area contributed by atoms with E-state index in [2.05, 4.69) is 15.6 Å². The highest BCUT2D eigenvalue weighted by Crippen LogP contribution is 2.31. The smallest absolute Gasteiger partial charge is 0.399 e. The summed E-state index contributed by atoms with van der Waals surface area (Å²) in [7, 11) is 0. The highest BCUT2D eigenvalue weighted by Gasteiger charge is 2.30. The van der Waals surface area contributed by atoms with Gasteiger partial charge in [0, 0.05) is 11.3 Å². The van der Waals surface area contributed by atoms with E-state index in [-0.39, 0.29) is 10.8 Å². The molecule has 0 radical (unpaired) electrons. The van der Waals surface area contributed by atoms with E-state index in [0.717, 1.165) is 12.1 Å². The van der Waals surface area contributed by atoms with Crippen LogP contribution in [0.5, 0.6) is 0 Å². The Morgan fingerprint density at radius 3 is 2.59 bits per heavy atom. The van der Waals surface area contributed by atoms with Gasteiger partial charge >= 0.3 is 6.18 Å². The molecule has 150 valence electrons. The van der Waals surface area contributed by atoms with Gasteiger partial charge in [-0.05, 0) is 49.4 Å². The third-order valence-corrected chi connectivity index (χ3v) is 4.36. The van der Waals surface area contributed by atoms with E-state index in [4.69, 9.17) is 17.3 Å². The lowest BCUT2D eigenvalue weighted by Gasteiger charge is -2.09. The molecular weight excluding hydrogens is 407 g/mol. The van der Waals surface area contributed by atoms with Crippen LogP contribution in [-0.4, -0.2) is 21.9 Å². The van der Waals surface area contributed by atoms with Crippen LogP contribution in [-0.2, 0) is 6.18 Å². The predicted octanol–water partition coefficient (Wildman–Crippen LogP) is 4.20. The summed E-state index contributed by atoms with van der Waals surface area (Å²) in [4.78, 5) is 12.0. The van der Waals surface area contributed by atoms with Gasteiger partial charge in [0.05, 0.1) is 28.7 Å². The molecule has 10 heteroatoms. The van der Waals surface area contributed by atoms with Crippen LogP contribution in [0, 0.1) is 6.92 Å². The highest BCUT2D eigenvalue weighted by atomic mass is 35.5. The van der Waals surface area contributed by atoms with Gasteiger partial charge < -0.3 is 5.73 Å². The van der Waals surface area contributed by atoms with Crippen molar-refractivity contribution >= 4 is 29.4 Å². The Bertz CT molecular complexity index is 1070. The molecule has 0 spiro atoms. The van der Waals surface area contributed by atoms with Crippen molar-refractivity contribution in [3.63, 3.8) is 0 Å². The summed E-state index contributed by atoms with van der Waals surface area (Å²) in [5.74, 6) is -0.458. The molecule has 0 fully saturated rings. The number of carbonyl (C=O) groups is 1. The van der Waals surface area contributed by atoms with E-state index in [1.165, 1.54) is 23.0 Å². The zero-order chi connectivity index (χ0) is 21.2. The summed E-state index contributed by atoms with van der Waals surface area (Å²) in [5, 5.41) is 8.08. The summed E-state index contributed by atoms with van der Waals surface area (Å²) >= 11 is 6.28. The van der Waals surface area contributed by atoms with Crippen molar-refractivity contribution in [2.24, 2.45) is 5.10 Å². The summed E-state index contributed by atoms with van der Waals surface area (Å²) in [6.45, 7) is 1.62. The van der Waals surface area contributed by atoms with Crippen LogP contribution in [0.3, 0.4) is 0 Å². The molecule has 1 aromatic heterocycles. The largest absolute Gasteiger partial charge is 0.416 e. The Morgan fingerprint density at radius 1 is 1.24 bits per heavy atom. The Kier molecular flexibility index (Phi) is 5.60. The van der Waals surface area contributed by atoms with Crippen LogP contribution in [0.25, 0.3) is 5.69 Å². The van der Waals surface area contributed by atoms with E-state index in [9.17, 15) is 18.0 Å². The minimum Gasteiger partial charge on any atom is -0.399 e. The van der Waals surface area contributed by atoms with Gasteiger partial charge in [-0.1, -0.05) is 17.7 Å². The number of amides is 1. The second-order valence-electron chi connectivity index (χ2n) is 6.07. The third-order valence-electron chi connectivity index (χ3n) is 4.00. The average molecular weight is 422 g/mol. The molecule has 0 atom stereocenters. The van der Waals surface area contributed by atoms with Crippen molar-refractivity contribution in [1.82, 2.24) is 15.2 Å². The Labute approximate surface area is 168 Å². The molecule has 6 nitrogen and oxygen atoms in total. The van der Waals surface area contributed by atoms with Gasteiger partial charge in [0.2, 0.25) is 0 Å². The average Bonchev–Trinajstić information content (AvgIpc) is 2.96. The number of carbonyl (C=O) groups excluding carboxylic acids is 1. The molecule has 0 bridgehead atoms. The molecule has 3 aromatic rings. The van der Waals surface area contributed by atoms with Crippen LogP contribution in [0.2, 0.25) is 5.15 Å². The lowest BCUT2D eigenvalue weighted by atomic mass is 10.2. The van der Waals surface area contributed by atoms with Crippen molar-refractivity contribution in [1.29, 1.82) is 0 Å². The van der Waals surface area contributed by atoms with Crippen molar-refractivity contribution in [3.05, 3.63) is 76.1 Å². The number of hydrogen-bond acceptors (Lipinski definition) is 4. The SMILES string of the molecule is Cc1nn(-c2cccc(C(F)(F)F)c2)c(Cl)c1/C=N/NC(=O)c1ccc(N)cc1. The van der Waals surface area contributed by atoms with Gasteiger partial charge in [0.25, 0.3) is 5.91 Å².